The van der Waals surface area contributed by atoms with Gasteiger partial charge in [-0.15, -0.1) is 0 Å². The Labute approximate surface area is 142 Å². The van der Waals surface area contributed by atoms with Gasteiger partial charge in [-0.3, -0.25) is 14.4 Å². The summed E-state index contributed by atoms with van der Waals surface area (Å²) in [5.41, 5.74) is 0.754. The van der Waals surface area contributed by atoms with Crippen LogP contribution in [0, 0.1) is 5.82 Å². The van der Waals surface area contributed by atoms with E-state index in [1.54, 1.807) is 30.3 Å². The number of nitrogens with one attached hydrogen (secondary N) is 1. The molecule has 24 heavy (non-hydrogen) atoms. The van der Waals surface area contributed by atoms with Crippen molar-refractivity contribution in [3.8, 4) is 0 Å². The smallest absolute Gasteiger partial charge is 0.250 e. The van der Waals surface area contributed by atoms with Gasteiger partial charge in [0, 0.05) is 12.6 Å². The molecule has 0 spiro atoms. The maximum atomic E-state index is 13.7. The van der Waals surface area contributed by atoms with Gasteiger partial charge in [-0.25, -0.2) is 9.29 Å². The van der Waals surface area contributed by atoms with Crippen LogP contribution in [-0.4, -0.2) is 17.7 Å². The van der Waals surface area contributed by atoms with E-state index in [0.29, 0.717) is 5.69 Å². The molecule has 1 aliphatic rings. The summed E-state index contributed by atoms with van der Waals surface area (Å²) in [7, 11) is 0. The summed E-state index contributed by atoms with van der Waals surface area (Å²) in [6.07, 6.45) is 0. The molecule has 0 aromatic heterocycles. The summed E-state index contributed by atoms with van der Waals surface area (Å²) in [5.74, 6) is -3.97. The van der Waals surface area contributed by atoms with Crippen molar-refractivity contribution in [2.75, 3.05) is 10.2 Å². The van der Waals surface area contributed by atoms with Crippen molar-refractivity contribution in [3.05, 3.63) is 58.9 Å². The normalized spacial score (nSPS) is 16.0. The van der Waals surface area contributed by atoms with Crippen LogP contribution >= 0.6 is 11.6 Å². The SMILES string of the molecule is CC(=O)N1C(=O)C(C(=O)Nc2ccccc2)c2cc(Cl)c(F)cc21. The fourth-order valence-electron chi connectivity index (χ4n) is 2.67. The van der Waals surface area contributed by atoms with E-state index < -0.39 is 29.5 Å². The number of anilines is 2. The first-order valence-electron chi connectivity index (χ1n) is 7.09. The van der Waals surface area contributed by atoms with E-state index in [0.717, 1.165) is 11.0 Å². The molecule has 0 radical (unpaired) electrons. The average Bonchev–Trinajstić information content (AvgIpc) is 2.80. The number of rotatable bonds is 2. The highest BCUT2D eigenvalue weighted by Gasteiger charge is 2.44. The zero-order valence-corrected chi connectivity index (χ0v) is 13.3. The third-order valence-electron chi connectivity index (χ3n) is 3.71. The summed E-state index contributed by atoms with van der Waals surface area (Å²) in [4.78, 5) is 37.6. The van der Waals surface area contributed by atoms with Gasteiger partial charge in [-0.05, 0) is 29.8 Å². The molecule has 0 saturated heterocycles. The Morgan fingerprint density at radius 2 is 1.88 bits per heavy atom. The van der Waals surface area contributed by atoms with Crippen molar-refractivity contribution >= 4 is 40.7 Å². The van der Waals surface area contributed by atoms with Crippen molar-refractivity contribution < 1.29 is 18.8 Å². The lowest BCUT2D eigenvalue weighted by Gasteiger charge is -2.13. The second-order valence-corrected chi connectivity index (χ2v) is 5.71. The van der Waals surface area contributed by atoms with Crippen LogP contribution < -0.4 is 10.2 Å². The summed E-state index contributed by atoms with van der Waals surface area (Å²) in [6, 6.07) is 10.8. The molecule has 1 aliphatic heterocycles. The highest BCUT2D eigenvalue weighted by molar-refractivity contribution is 6.32. The average molecular weight is 347 g/mol. The molecule has 0 aliphatic carbocycles. The Kier molecular flexibility index (Phi) is 4.07. The summed E-state index contributed by atoms with van der Waals surface area (Å²) >= 11 is 5.78. The van der Waals surface area contributed by atoms with Gasteiger partial charge < -0.3 is 5.32 Å². The molecule has 122 valence electrons. The molecular formula is C17H12ClFN2O3. The molecule has 7 heteroatoms. The van der Waals surface area contributed by atoms with Crippen LogP contribution in [0.25, 0.3) is 0 Å². The van der Waals surface area contributed by atoms with Crippen LogP contribution in [0.5, 0.6) is 0 Å². The van der Waals surface area contributed by atoms with Gasteiger partial charge in [0.05, 0.1) is 10.7 Å². The number of carbonyl (C=O) groups excluding carboxylic acids is 3. The topological polar surface area (TPSA) is 66.5 Å². The first kappa shape index (κ1) is 16.1. The predicted molar refractivity (Wildman–Crippen MR) is 87.4 cm³/mol. The van der Waals surface area contributed by atoms with E-state index in [-0.39, 0.29) is 16.3 Å². The summed E-state index contributed by atoms with van der Waals surface area (Å²) in [6.45, 7) is 1.17. The Balaban J connectivity index is 2.03. The number of benzene rings is 2. The first-order chi connectivity index (χ1) is 11.4. The molecule has 3 rings (SSSR count). The maximum absolute atomic E-state index is 13.7. The van der Waals surface area contributed by atoms with Crippen LogP contribution in [0.2, 0.25) is 5.02 Å². The van der Waals surface area contributed by atoms with Gasteiger partial charge in [0.2, 0.25) is 11.8 Å². The van der Waals surface area contributed by atoms with E-state index in [1.165, 1.54) is 13.0 Å². The van der Waals surface area contributed by atoms with E-state index in [4.69, 9.17) is 11.6 Å². The zero-order valence-electron chi connectivity index (χ0n) is 12.5. The molecule has 3 amide bonds. The Bertz CT molecular complexity index is 854. The van der Waals surface area contributed by atoms with E-state index in [9.17, 15) is 18.8 Å². The lowest BCUT2D eigenvalue weighted by molar-refractivity contribution is -0.129. The third kappa shape index (κ3) is 2.65. The Morgan fingerprint density at radius 3 is 2.50 bits per heavy atom. The van der Waals surface area contributed by atoms with Gasteiger partial charge in [0.15, 0.2) is 0 Å². The molecule has 1 unspecified atom stereocenters. The standard InChI is InChI=1S/C17H12ClFN2O3/c1-9(22)21-14-8-13(19)12(18)7-11(14)15(17(21)24)16(23)20-10-5-3-2-4-6-10/h2-8,15H,1H3,(H,20,23). The minimum Gasteiger partial charge on any atom is -0.325 e. The second kappa shape index (κ2) is 6.05. The van der Waals surface area contributed by atoms with E-state index >= 15 is 0 Å². The number of hydrogen-bond acceptors (Lipinski definition) is 3. The lowest BCUT2D eigenvalue weighted by Crippen LogP contribution is -2.36. The molecule has 1 N–H and O–H groups in total. The molecule has 0 fully saturated rings. The van der Waals surface area contributed by atoms with Crippen LogP contribution in [0.4, 0.5) is 15.8 Å². The zero-order chi connectivity index (χ0) is 17.4. The summed E-state index contributed by atoms with van der Waals surface area (Å²) < 4.78 is 13.7. The van der Waals surface area contributed by atoms with Crippen LogP contribution in [-0.2, 0) is 14.4 Å². The van der Waals surface area contributed by atoms with Gasteiger partial charge in [-0.2, -0.15) is 0 Å². The van der Waals surface area contributed by atoms with Crippen molar-refractivity contribution in [2.24, 2.45) is 0 Å². The molecule has 5 nitrogen and oxygen atoms in total. The molecule has 1 atom stereocenters. The van der Waals surface area contributed by atoms with Crippen LogP contribution in [0.3, 0.4) is 0 Å². The van der Waals surface area contributed by atoms with Crippen molar-refractivity contribution in [3.63, 3.8) is 0 Å². The van der Waals surface area contributed by atoms with Crippen LogP contribution in [0.1, 0.15) is 18.4 Å². The number of fused-ring (bicyclic) bond motifs is 1. The van der Waals surface area contributed by atoms with Crippen molar-refractivity contribution in [2.45, 2.75) is 12.8 Å². The quantitative estimate of drug-likeness (QED) is 0.850. The Hall–Kier alpha value is -2.73. The highest BCUT2D eigenvalue weighted by Crippen LogP contribution is 2.40. The highest BCUT2D eigenvalue weighted by atomic mass is 35.5. The minimum absolute atomic E-state index is 0.0441. The number of carbonyl (C=O) groups is 3. The van der Waals surface area contributed by atoms with Gasteiger partial charge >= 0.3 is 0 Å². The molecular weight excluding hydrogens is 335 g/mol. The number of nitrogens with zero attached hydrogens (tertiary/aromatic N) is 1. The van der Waals surface area contributed by atoms with Crippen molar-refractivity contribution in [1.29, 1.82) is 0 Å². The second-order valence-electron chi connectivity index (χ2n) is 5.31. The minimum atomic E-state index is -1.26. The number of para-hydroxylation sites is 1. The van der Waals surface area contributed by atoms with Gasteiger partial charge in [0.25, 0.3) is 5.91 Å². The maximum Gasteiger partial charge on any atom is 0.250 e. The van der Waals surface area contributed by atoms with Gasteiger partial charge in [0.1, 0.15) is 11.7 Å². The first-order valence-corrected chi connectivity index (χ1v) is 7.47. The summed E-state index contributed by atoms with van der Waals surface area (Å²) in [5, 5.41) is 2.40. The number of amides is 3. The largest absolute Gasteiger partial charge is 0.325 e. The lowest BCUT2D eigenvalue weighted by atomic mass is 9.99. The third-order valence-corrected chi connectivity index (χ3v) is 4.00. The fourth-order valence-corrected chi connectivity index (χ4v) is 2.84. The van der Waals surface area contributed by atoms with Gasteiger partial charge in [-0.1, -0.05) is 29.8 Å². The number of imide groups is 1. The van der Waals surface area contributed by atoms with E-state index in [2.05, 4.69) is 5.32 Å². The molecule has 0 bridgehead atoms. The van der Waals surface area contributed by atoms with Crippen molar-refractivity contribution in [1.82, 2.24) is 0 Å². The molecule has 1 heterocycles. The molecule has 0 saturated carbocycles. The van der Waals surface area contributed by atoms with Crippen LogP contribution in [0.15, 0.2) is 42.5 Å². The Morgan fingerprint density at radius 1 is 1.21 bits per heavy atom. The number of halogens is 2. The number of hydrogen-bond donors (Lipinski definition) is 1. The predicted octanol–water partition coefficient (Wildman–Crippen LogP) is 3.09. The fraction of sp³-hybridized carbons (Fsp3) is 0.118. The molecule has 2 aromatic rings. The monoisotopic (exact) mass is 346 g/mol. The van der Waals surface area contributed by atoms with E-state index in [1.807, 2.05) is 0 Å². The molecule has 2 aromatic carbocycles.